The Morgan fingerprint density at radius 1 is 1.04 bits per heavy atom. The van der Waals surface area contributed by atoms with Crippen molar-refractivity contribution >= 4 is 10.9 Å². The van der Waals surface area contributed by atoms with Crippen LogP contribution in [0.5, 0.6) is 0 Å². The Balaban J connectivity index is 1.52. The number of likely N-dealkylation sites (N-methyl/N-ethyl adjacent to an activating group) is 1. The van der Waals surface area contributed by atoms with Gasteiger partial charge in [-0.05, 0) is 50.2 Å². The van der Waals surface area contributed by atoms with E-state index in [9.17, 15) is 4.39 Å². The summed E-state index contributed by atoms with van der Waals surface area (Å²) in [4.78, 5) is 4.88. The van der Waals surface area contributed by atoms with Crippen LogP contribution >= 0.6 is 0 Å². The lowest BCUT2D eigenvalue weighted by molar-refractivity contribution is 0.213. The van der Waals surface area contributed by atoms with Crippen LogP contribution in [-0.2, 0) is 13.5 Å². The van der Waals surface area contributed by atoms with Crippen LogP contribution in [0.15, 0.2) is 48.7 Å². The summed E-state index contributed by atoms with van der Waals surface area (Å²) < 4.78 is 16.9. The molecule has 1 aliphatic carbocycles. The number of aryl methyl sites for hydroxylation is 2. The fourth-order valence-corrected chi connectivity index (χ4v) is 5.54. The van der Waals surface area contributed by atoms with Crippen molar-refractivity contribution in [3.8, 4) is 0 Å². The van der Waals surface area contributed by atoms with E-state index >= 15 is 0 Å². The van der Waals surface area contributed by atoms with Gasteiger partial charge in [-0.1, -0.05) is 30.3 Å². The molecule has 0 saturated carbocycles. The first-order valence-electron chi connectivity index (χ1n) is 10.3. The molecule has 0 bridgehead atoms. The molecule has 28 heavy (non-hydrogen) atoms. The van der Waals surface area contributed by atoms with E-state index in [2.05, 4.69) is 72.0 Å². The second-order valence-corrected chi connectivity index (χ2v) is 8.67. The number of benzene rings is 2. The van der Waals surface area contributed by atoms with E-state index in [4.69, 9.17) is 0 Å². The minimum Gasteiger partial charge on any atom is -0.350 e. The molecule has 146 valence electrons. The molecule has 4 heteroatoms. The van der Waals surface area contributed by atoms with E-state index in [1.807, 2.05) is 6.07 Å². The normalized spacial score (nSPS) is 25.1. The van der Waals surface area contributed by atoms with Crippen molar-refractivity contribution in [2.24, 2.45) is 7.05 Å². The monoisotopic (exact) mass is 377 g/mol. The van der Waals surface area contributed by atoms with Gasteiger partial charge in [-0.2, -0.15) is 0 Å². The molecular formula is C24H28FN3. The SMILES string of the molecule is CN(C)C1CN(C2CCc3cccc(F)c32)CC1c1cn(C)c2ccccc12. The van der Waals surface area contributed by atoms with Gasteiger partial charge < -0.3 is 9.47 Å². The van der Waals surface area contributed by atoms with E-state index in [1.54, 1.807) is 6.07 Å². The van der Waals surface area contributed by atoms with Gasteiger partial charge in [-0.3, -0.25) is 4.90 Å². The molecule has 0 spiro atoms. The lowest BCUT2D eigenvalue weighted by Gasteiger charge is -2.26. The Morgan fingerprint density at radius 3 is 2.68 bits per heavy atom. The van der Waals surface area contributed by atoms with Crippen LogP contribution in [0.25, 0.3) is 10.9 Å². The van der Waals surface area contributed by atoms with Gasteiger partial charge in [0.2, 0.25) is 0 Å². The highest BCUT2D eigenvalue weighted by Crippen LogP contribution is 2.43. The first-order chi connectivity index (χ1) is 13.5. The maximum absolute atomic E-state index is 14.6. The summed E-state index contributed by atoms with van der Waals surface area (Å²) in [6.45, 7) is 1.97. The number of nitrogens with zero attached hydrogens (tertiary/aromatic N) is 3. The number of likely N-dealkylation sites (tertiary alicyclic amines) is 1. The summed E-state index contributed by atoms with van der Waals surface area (Å²) in [5.41, 5.74) is 4.84. The molecule has 2 aromatic carbocycles. The standard InChI is InChI=1S/C24H28FN3/c1-26(2)23-15-28(22-12-11-16-7-6-9-20(25)24(16)22)14-19(23)18-13-27(3)21-10-5-4-8-17(18)21/h4-10,13,19,22-23H,11-12,14-15H2,1-3H3. The van der Waals surface area contributed by atoms with Crippen molar-refractivity contribution in [1.29, 1.82) is 0 Å². The lowest BCUT2D eigenvalue weighted by Crippen LogP contribution is -2.35. The third kappa shape index (κ3) is 2.70. The topological polar surface area (TPSA) is 11.4 Å². The zero-order valence-electron chi connectivity index (χ0n) is 16.9. The first kappa shape index (κ1) is 17.9. The predicted octanol–water partition coefficient (Wildman–Crippen LogP) is 4.33. The number of aromatic nitrogens is 1. The maximum atomic E-state index is 14.6. The highest BCUT2D eigenvalue weighted by Gasteiger charge is 2.41. The molecule has 2 aliphatic rings. The highest BCUT2D eigenvalue weighted by molar-refractivity contribution is 5.84. The Hall–Kier alpha value is -2.17. The van der Waals surface area contributed by atoms with Crippen LogP contribution in [0.2, 0.25) is 0 Å². The number of halogens is 1. The molecule has 0 N–H and O–H groups in total. The molecule has 3 unspecified atom stereocenters. The predicted molar refractivity (Wildman–Crippen MR) is 112 cm³/mol. The number of fused-ring (bicyclic) bond motifs is 2. The summed E-state index contributed by atoms with van der Waals surface area (Å²) in [6, 6.07) is 14.9. The van der Waals surface area contributed by atoms with Gasteiger partial charge in [0.15, 0.2) is 0 Å². The molecule has 1 aliphatic heterocycles. The highest BCUT2D eigenvalue weighted by atomic mass is 19.1. The second-order valence-electron chi connectivity index (χ2n) is 8.67. The molecule has 5 rings (SSSR count). The van der Waals surface area contributed by atoms with E-state index in [1.165, 1.54) is 22.0 Å². The average molecular weight is 378 g/mol. The van der Waals surface area contributed by atoms with Crippen LogP contribution in [-0.4, -0.2) is 47.6 Å². The summed E-state index contributed by atoms with van der Waals surface area (Å²) in [6.07, 6.45) is 4.32. The van der Waals surface area contributed by atoms with Crippen LogP contribution in [0.3, 0.4) is 0 Å². The van der Waals surface area contributed by atoms with Crippen molar-refractivity contribution in [2.45, 2.75) is 30.8 Å². The van der Waals surface area contributed by atoms with E-state index in [0.717, 1.165) is 31.5 Å². The van der Waals surface area contributed by atoms with Gasteiger partial charge in [-0.15, -0.1) is 0 Å². The summed E-state index contributed by atoms with van der Waals surface area (Å²) in [5, 5.41) is 1.35. The maximum Gasteiger partial charge on any atom is 0.128 e. The molecule has 0 amide bonds. The Bertz CT molecular complexity index is 1020. The quantitative estimate of drug-likeness (QED) is 0.673. The van der Waals surface area contributed by atoms with E-state index < -0.39 is 0 Å². The summed E-state index contributed by atoms with van der Waals surface area (Å²) >= 11 is 0. The molecule has 3 nitrogen and oxygen atoms in total. The number of rotatable bonds is 3. The number of hydrogen-bond donors (Lipinski definition) is 0. The third-order valence-electron chi connectivity index (χ3n) is 6.91. The molecule has 1 saturated heterocycles. The van der Waals surface area contributed by atoms with Crippen molar-refractivity contribution in [3.05, 3.63) is 71.2 Å². The van der Waals surface area contributed by atoms with Gasteiger partial charge in [0.25, 0.3) is 0 Å². The number of para-hydroxylation sites is 1. The Labute approximate surface area is 166 Å². The van der Waals surface area contributed by atoms with Crippen molar-refractivity contribution in [3.63, 3.8) is 0 Å². The molecule has 3 aromatic rings. The zero-order chi connectivity index (χ0) is 19.4. The zero-order valence-corrected chi connectivity index (χ0v) is 16.9. The minimum absolute atomic E-state index is 0.0324. The molecule has 1 fully saturated rings. The first-order valence-corrected chi connectivity index (χ1v) is 10.3. The fraction of sp³-hybridized carbons (Fsp3) is 0.417. The van der Waals surface area contributed by atoms with Crippen LogP contribution < -0.4 is 0 Å². The Kier molecular flexibility index (Phi) is 4.29. The van der Waals surface area contributed by atoms with Crippen LogP contribution in [0.4, 0.5) is 4.39 Å². The summed E-state index contributed by atoms with van der Waals surface area (Å²) in [7, 11) is 6.48. The Morgan fingerprint density at radius 2 is 1.86 bits per heavy atom. The van der Waals surface area contributed by atoms with E-state index in [-0.39, 0.29) is 11.9 Å². The van der Waals surface area contributed by atoms with Gasteiger partial charge >= 0.3 is 0 Å². The molecule has 1 aromatic heterocycles. The molecular weight excluding hydrogens is 349 g/mol. The van der Waals surface area contributed by atoms with Crippen LogP contribution in [0, 0.1) is 5.82 Å². The lowest BCUT2D eigenvalue weighted by atomic mass is 9.93. The van der Waals surface area contributed by atoms with Crippen LogP contribution in [0.1, 0.15) is 35.1 Å². The second kappa shape index (κ2) is 6.71. The van der Waals surface area contributed by atoms with Gasteiger partial charge in [0.1, 0.15) is 5.82 Å². The molecule has 3 atom stereocenters. The fourth-order valence-electron chi connectivity index (χ4n) is 5.54. The van der Waals surface area contributed by atoms with E-state index in [0.29, 0.717) is 12.0 Å². The number of hydrogen-bond acceptors (Lipinski definition) is 2. The van der Waals surface area contributed by atoms with Gasteiger partial charge in [-0.25, -0.2) is 4.39 Å². The summed E-state index contributed by atoms with van der Waals surface area (Å²) in [5.74, 6) is 0.395. The minimum atomic E-state index is -0.0324. The van der Waals surface area contributed by atoms with Gasteiger partial charge in [0, 0.05) is 60.8 Å². The van der Waals surface area contributed by atoms with Gasteiger partial charge in [0.05, 0.1) is 0 Å². The van der Waals surface area contributed by atoms with Crippen molar-refractivity contribution < 1.29 is 4.39 Å². The molecule has 0 radical (unpaired) electrons. The smallest absolute Gasteiger partial charge is 0.128 e. The molecule has 2 heterocycles. The third-order valence-corrected chi connectivity index (χ3v) is 6.91. The van der Waals surface area contributed by atoms with Crippen molar-refractivity contribution in [2.75, 3.05) is 27.2 Å². The largest absolute Gasteiger partial charge is 0.350 e. The van der Waals surface area contributed by atoms with Crippen molar-refractivity contribution in [1.82, 2.24) is 14.4 Å². The average Bonchev–Trinajstić information content (AvgIpc) is 3.37.